The number of para-hydroxylation sites is 1. The van der Waals surface area contributed by atoms with E-state index in [1.165, 1.54) is 17.5 Å². The van der Waals surface area contributed by atoms with E-state index in [9.17, 15) is 5.11 Å². The lowest BCUT2D eigenvalue weighted by Crippen LogP contribution is -2.35. The third-order valence-electron chi connectivity index (χ3n) is 4.74. The molecule has 0 amide bonds. The molecule has 0 aliphatic heterocycles. The molecule has 0 saturated heterocycles. The normalized spacial score (nSPS) is 17.6. The molecule has 3 nitrogen and oxygen atoms in total. The van der Waals surface area contributed by atoms with Crippen molar-refractivity contribution in [2.45, 2.75) is 37.8 Å². The molecule has 2 N–H and O–H groups in total. The van der Waals surface area contributed by atoms with E-state index >= 15 is 0 Å². The molecule has 1 aliphatic rings. The van der Waals surface area contributed by atoms with Crippen LogP contribution in [0.4, 0.5) is 0 Å². The molecule has 0 aromatic heterocycles. The Bertz CT molecular complexity index is 698. The maximum Gasteiger partial charge on any atom is 0.122 e. The van der Waals surface area contributed by atoms with Crippen LogP contribution in [0, 0.1) is 0 Å². The van der Waals surface area contributed by atoms with Gasteiger partial charge in [0.2, 0.25) is 0 Å². The Morgan fingerprint density at radius 3 is 2.88 bits per heavy atom. The van der Waals surface area contributed by atoms with Crippen molar-refractivity contribution in [3.63, 3.8) is 0 Å². The lowest BCUT2D eigenvalue weighted by atomic mass is 9.88. The van der Waals surface area contributed by atoms with E-state index in [0.29, 0.717) is 12.6 Å². The van der Waals surface area contributed by atoms with Crippen LogP contribution >= 0.6 is 0 Å². The Morgan fingerprint density at radius 2 is 2.00 bits per heavy atom. The fraction of sp³-hybridized carbons (Fsp3) is 0.364. The van der Waals surface area contributed by atoms with Gasteiger partial charge in [-0.05, 0) is 48.4 Å². The molecule has 0 fully saturated rings. The summed E-state index contributed by atoms with van der Waals surface area (Å²) in [5, 5.41) is 13.8. The van der Waals surface area contributed by atoms with Crippen molar-refractivity contribution >= 4 is 0 Å². The third kappa shape index (κ3) is 4.71. The average Bonchev–Trinajstić information content (AvgIpc) is 2.66. The van der Waals surface area contributed by atoms with Gasteiger partial charge in [0, 0.05) is 12.6 Å². The summed E-state index contributed by atoms with van der Waals surface area (Å²) in [6.07, 6.45) is 5.55. The van der Waals surface area contributed by atoms with Crippen molar-refractivity contribution in [2.75, 3.05) is 13.2 Å². The summed E-state index contributed by atoms with van der Waals surface area (Å²) in [4.78, 5) is 0. The third-order valence-corrected chi connectivity index (χ3v) is 4.74. The second kappa shape index (κ2) is 8.84. The van der Waals surface area contributed by atoms with Gasteiger partial charge in [-0.2, -0.15) is 0 Å². The van der Waals surface area contributed by atoms with Crippen molar-refractivity contribution < 1.29 is 9.84 Å². The number of fused-ring (bicyclic) bond motifs is 1. The fourth-order valence-electron chi connectivity index (χ4n) is 3.46. The van der Waals surface area contributed by atoms with Gasteiger partial charge in [-0.25, -0.2) is 0 Å². The summed E-state index contributed by atoms with van der Waals surface area (Å²) < 4.78 is 5.82. The lowest BCUT2D eigenvalue weighted by Gasteiger charge is -2.27. The molecular formula is C22H27NO2. The Labute approximate surface area is 150 Å². The summed E-state index contributed by atoms with van der Waals surface area (Å²) in [5.74, 6) is 0.824. The van der Waals surface area contributed by atoms with Crippen molar-refractivity contribution in [3.8, 4) is 5.75 Å². The molecule has 25 heavy (non-hydrogen) atoms. The molecule has 0 saturated carbocycles. The first-order chi connectivity index (χ1) is 12.3. The van der Waals surface area contributed by atoms with Crippen LogP contribution in [-0.4, -0.2) is 24.4 Å². The van der Waals surface area contributed by atoms with Crippen LogP contribution < -0.4 is 10.1 Å². The van der Waals surface area contributed by atoms with Gasteiger partial charge in [-0.3, -0.25) is 0 Å². The Morgan fingerprint density at radius 1 is 1.20 bits per heavy atom. The minimum atomic E-state index is -0.536. The van der Waals surface area contributed by atoms with Crippen LogP contribution in [0.5, 0.6) is 5.75 Å². The summed E-state index contributed by atoms with van der Waals surface area (Å²) >= 11 is 0. The molecule has 3 rings (SSSR count). The molecule has 0 bridgehead atoms. The van der Waals surface area contributed by atoms with Gasteiger partial charge in [0.25, 0.3) is 0 Å². The predicted octanol–water partition coefficient (Wildman–Crippen LogP) is 3.82. The maximum atomic E-state index is 10.3. The van der Waals surface area contributed by atoms with Crippen LogP contribution in [0.15, 0.2) is 61.2 Å². The second-order valence-electron chi connectivity index (χ2n) is 6.62. The van der Waals surface area contributed by atoms with Crippen LogP contribution in [0.3, 0.4) is 0 Å². The minimum absolute atomic E-state index is 0.287. The molecule has 2 aromatic carbocycles. The summed E-state index contributed by atoms with van der Waals surface area (Å²) in [6.45, 7) is 4.59. The van der Waals surface area contributed by atoms with Gasteiger partial charge >= 0.3 is 0 Å². The van der Waals surface area contributed by atoms with E-state index in [2.05, 4.69) is 36.2 Å². The quantitative estimate of drug-likeness (QED) is 0.720. The van der Waals surface area contributed by atoms with Gasteiger partial charge in [0.1, 0.15) is 18.5 Å². The van der Waals surface area contributed by atoms with Gasteiger partial charge < -0.3 is 15.2 Å². The van der Waals surface area contributed by atoms with Crippen molar-refractivity contribution in [3.05, 3.63) is 77.9 Å². The molecule has 132 valence electrons. The number of nitrogens with one attached hydrogen (secondary N) is 1. The predicted molar refractivity (Wildman–Crippen MR) is 102 cm³/mol. The maximum absolute atomic E-state index is 10.3. The van der Waals surface area contributed by atoms with Gasteiger partial charge in [0.05, 0.1) is 0 Å². The minimum Gasteiger partial charge on any atom is -0.491 e. The van der Waals surface area contributed by atoms with Gasteiger partial charge in [-0.15, -0.1) is 6.58 Å². The number of hydrogen-bond donors (Lipinski definition) is 2. The molecule has 0 spiro atoms. The van der Waals surface area contributed by atoms with E-state index in [1.54, 1.807) is 0 Å². The fourth-order valence-corrected chi connectivity index (χ4v) is 3.46. The zero-order chi connectivity index (χ0) is 17.5. The largest absolute Gasteiger partial charge is 0.491 e. The summed E-state index contributed by atoms with van der Waals surface area (Å²) in [7, 11) is 0. The highest BCUT2D eigenvalue weighted by atomic mass is 16.5. The van der Waals surface area contributed by atoms with Crippen LogP contribution in [-0.2, 0) is 12.8 Å². The molecule has 2 aromatic rings. The zero-order valence-corrected chi connectivity index (χ0v) is 14.7. The number of aliphatic hydroxyl groups is 1. The Kier molecular flexibility index (Phi) is 6.26. The number of hydrogen-bond acceptors (Lipinski definition) is 3. The second-order valence-corrected chi connectivity index (χ2v) is 6.62. The van der Waals surface area contributed by atoms with Crippen molar-refractivity contribution in [1.82, 2.24) is 5.32 Å². The number of benzene rings is 2. The van der Waals surface area contributed by atoms with Gasteiger partial charge in [0.15, 0.2) is 0 Å². The first-order valence-electron chi connectivity index (χ1n) is 9.08. The zero-order valence-electron chi connectivity index (χ0n) is 14.7. The Balaban J connectivity index is 1.51. The van der Waals surface area contributed by atoms with Crippen LogP contribution in [0.25, 0.3) is 0 Å². The highest BCUT2D eigenvalue weighted by molar-refractivity contribution is 5.34. The smallest absolute Gasteiger partial charge is 0.122 e. The highest BCUT2D eigenvalue weighted by Gasteiger charge is 2.20. The van der Waals surface area contributed by atoms with E-state index in [0.717, 1.165) is 30.6 Å². The molecule has 0 heterocycles. The van der Waals surface area contributed by atoms with Crippen LogP contribution in [0.2, 0.25) is 0 Å². The lowest BCUT2D eigenvalue weighted by molar-refractivity contribution is 0.102. The molecule has 0 radical (unpaired) electrons. The van der Waals surface area contributed by atoms with Gasteiger partial charge in [-0.1, -0.05) is 48.5 Å². The topological polar surface area (TPSA) is 41.5 Å². The molecule has 3 heteroatoms. The molecule has 2 atom stereocenters. The number of ether oxygens (including phenoxy) is 1. The SMILES string of the molecule is C=CCc1ccccc1OCC(O)CNC1CCCc2ccccc21. The standard InChI is InChI=1S/C22H27NO2/c1-2-8-18-10-4-6-14-22(18)25-16-19(24)15-23-21-13-7-11-17-9-3-5-12-20(17)21/h2-6,9-10,12,14,19,21,23-24H,1,7-8,11,13,15-16H2. The number of aliphatic hydroxyl groups excluding tert-OH is 1. The first kappa shape index (κ1) is 17.7. The summed E-state index contributed by atoms with van der Waals surface area (Å²) in [5.41, 5.74) is 3.90. The molecular weight excluding hydrogens is 310 g/mol. The monoisotopic (exact) mass is 337 g/mol. The van der Waals surface area contributed by atoms with E-state index in [-0.39, 0.29) is 6.61 Å². The molecule has 2 unspecified atom stereocenters. The van der Waals surface area contributed by atoms with Crippen molar-refractivity contribution in [1.29, 1.82) is 0 Å². The molecule has 1 aliphatic carbocycles. The summed E-state index contributed by atoms with van der Waals surface area (Å²) in [6, 6.07) is 16.8. The van der Waals surface area contributed by atoms with E-state index < -0.39 is 6.10 Å². The van der Waals surface area contributed by atoms with E-state index in [4.69, 9.17) is 4.74 Å². The highest BCUT2D eigenvalue weighted by Crippen LogP contribution is 2.29. The number of aryl methyl sites for hydroxylation is 1. The van der Waals surface area contributed by atoms with Crippen LogP contribution in [0.1, 0.15) is 35.6 Å². The average molecular weight is 337 g/mol. The van der Waals surface area contributed by atoms with Crippen molar-refractivity contribution in [2.24, 2.45) is 0 Å². The first-order valence-corrected chi connectivity index (χ1v) is 9.08. The van der Waals surface area contributed by atoms with E-state index in [1.807, 2.05) is 30.3 Å². The number of allylic oxidation sites excluding steroid dienone is 1. The number of rotatable bonds is 8. The Hall–Kier alpha value is -2.10.